The molecule has 1 spiro atoms. The normalized spacial score (nSPS) is 39.6. The van der Waals surface area contributed by atoms with Crippen LogP contribution in [0.1, 0.15) is 121 Å². The van der Waals surface area contributed by atoms with Crippen molar-refractivity contribution in [2.45, 2.75) is 158 Å². The molecule has 1 aromatic rings. The summed E-state index contributed by atoms with van der Waals surface area (Å²) in [7, 11) is 6.71. The number of hydrogen-bond donors (Lipinski definition) is 2. The smallest absolute Gasteiger partial charge is 0.338 e. The van der Waals surface area contributed by atoms with Crippen molar-refractivity contribution in [1.29, 1.82) is 0 Å². The molecule has 14 atom stereocenters. The standard InChI is InChI=1S/C50H75NO10/c1-7-9-10-11-12-13-14-15-16-17-18-19-20-21-25-28-39(53)61-49-31-38(58-5)48(55)30-35(40(49)45(48)60-46(54)34-26-23-22-24-27-34)50-37(57-4)29-36(52)47(33-56-3)32-51(8-2)44(50)41(49)42(59-6)43(47)50/h12-13,15-16,22-24,26-27,35-38,40-45,52,55H,7-11,14,17-21,25,28-33H2,1-6H3/b13-12-,16-15-/t35-,36-,37+,38+,40-,41+,42+,43-,44-,45-,47+,48-,49-,50+/m1/s1. The lowest BCUT2D eigenvalue weighted by molar-refractivity contribution is -0.300. The Bertz CT molecular complexity index is 1690. The minimum atomic E-state index is -1.57. The first-order chi connectivity index (χ1) is 29.6. The quantitative estimate of drug-likeness (QED) is 0.0646. The van der Waals surface area contributed by atoms with E-state index in [1.54, 1.807) is 52.7 Å². The monoisotopic (exact) mass is 850 g/mol. The van der Waals surface area contributed by atoms with Crippen LogP contribution in [0.2, 0.25) is 0 Å². The second-order valence-electron chi connectivity index (χ2n) is 19.2. The van der Waals surface area contributed by atoms with Crippen molar-refractivity contribution in [3.63, 3.8) is 0 Å². The van der Waals surface area contributed by atoms with Gasteiger partial charge in [0.1, 0.15) is 17.3 Å². The van der Waals surface area contributed by atoms with Crippen molar-refractivity contribution in [2.24, 2.45) is 34.5 Å². The zero-order chi connectivity index (χ0) is 43.4. The summed E-state index contributed by atoms with van der Waals surface area (Å²) in [5.74, 6) is -2.44. The van der Waals surface area contributed by atoms with Crippen molar-refractivity contribution in [3.8, 4) is 0 Å². The maximum atomic E-state index is 14.5. The number of unbranched alkanes of at least 4 members (excludes halogenated alkanes) is 8. The molecule has 0 aromatic heterocycles. The van der Waals surface area contributed by atoms with Crippen molar-refractivity contribution in [1.82, 2.24) is 4.90 Å². The molecule has 5 aliphatic carbocycles. The van der Waals surface area contributed by atoms with Crippen LogP contribution in [0.4, 0.5) is 0 Å². The van der Waals surface area contributed by atoms with Gasteiger partial charge in [-0.2, -0.15) is 0 Å². The molecule has 0 amide bonds. The third-order valence-corrected chi connectivity index (χ3v) is 16.4. The highest BCUT2D eigenvalue weighted by molar-refractivity contribution is 5.89. The Morgan fingerprint density at radius 2 is 1.52 bits per heavy atom. The minimum absolute atomic E-state index is 0.178. The molecular weight excluding hydrogens is 775 g/mol. The molecule has 7 rings (SSSR count). The average Bonchev–Trinajstić information content (AvgIpc) is 3.64. The molecule has 1 aromatic carbocycles. The Labute approximate surface area is 364 Å². The number of hydrogen-bond acceptors (Lipinski definition) is 11. The lowest BCUT2D eigenvalue weighted by atomic mass is 9.42. The van der Waals surface area contributed by atoms with E-state index in [0.717, 1.165) is 38.5 Å². The van der Waals surface area contributed by atoms with Gasteiger partial charge in [-0.15, -0.1) is 0 Å². The van der Waals surface area contributed by atoms with E-state index >= 15 is 0 Å². The average molecular weight is 850 g/mol. The number of aliphatic hydroxyl groups is 2. The van der Waals surface area contributed by atoms with Crippen molar-refractivity contribution >= 4 is 11.9 Å². The number of likely N-dealkylation sites (tertiary alicyclic amines) is 1. The second-order valence-corrected chi connectivity index (χ2v) is 19.2. The zero-order valence-electron chi connectivity index (χ0n) is 37.8. The van der Waals surface area contributed by atoms with E-state index in [1.165, 1.54) is 25.7 Å². The molecule has 11 heteroatoms. The fourth-order valence-electron chi connectivity index (χ4n) is 14.3. The van der Waals surface area contributed by atoms with Crippen LogP contribution in [-0.4, -0.2) is 123 Å². The molecule has 61 heavy (non-hydrogen) atoms. The van der Waals surface area contributed by atoms with E-state index in [9.17, 15) is 19.8 Å². The second kappa shape index (κ2) is 19.6. The summed E-state index contributed by atoms with van der Waals surface area (Å²) in [6.07, 6.45) is 18.7. The Hall–Kier alpha value is -2.64. The van der Waals surface area contributed by atoms with E-state index in [-0.39, 0.29) is 43.1 Å². The Kier molecular flexibility index (Phi) is 14.9. The predicted molar refractivity (Wildman–Crippen MR) is 233 cm³/mol. The SMILES string of the molecule is CCCCC/C=C\C/C=C\CCCCCCCC(=O)O[C@]12C[C@H](OC)[C@]3(O)C[C@H]([C@@H]1[C@H]3OC(=O)c1ccccc1)[C@@]13[C@@H](OC)C[C@@H](O)[C@@]4(COC)CN(CC)[C@@H]1[C@@H]2[C@H](OC)[C@H]43. The number of allylic oxidation sites excluding steroid dienone is 4. The summed E-state index contributed by atoms with van der Waals surface area (Å²) in [6, 6.07) is 8.67. The maximum Gasteiger partial charge on any atom is 0.338 e. The van der Waals surface area contributed by atoms with Crippen LogP contribution in [-0.2, 0) is 33.2 Å². The number of fused-ring (bicyclic) bond motifs is 2. The maximum absolute atomic E-state index is 14.5. The molecule has 6 aliphatic rings. The summed E-state index contributed by atoms with van der Waals surface area (Å²) in [5, 5.41) is 25.4. The first-order valence-corrected chi connectivity index (χ1v) is 23.6. The molecule has 5 saturated carbocycles. The highest BCUT2D eigenvalue weighted by Crippen LogP contribution is 2.80. The van der Waals surface area contributed by atoms with Crippen LogP contribution < -0.4 is 0 Å². The first-order valence-electron chi connectivity index (χ1n) is 23.6. The molecule has 6 fully saturated rings. The van der Waals surface area contributed by atoms with E-state index in [0.29, 0.717) is 38.1 Å². The number of aliphatic hydroxyl groups excluding tert-OH is 1. The molecule has 7 bridgehead atoms. The zero-order valence-corrected chi connectivity index (χ0v) is 37.8. The van der Waals surface area contributed by atoms with Crippen LogP contribution in [0.3, 0.4) is 0 Å². The van der Waals surface area contributed by atoms with Gasteiger partial charge in [-0.3, -0.25) is 9.69 Å². The minimum Gasteiger partial charge on any atom is -0.458 e. The third-order valence-electron chi connectivity index (χ3n) is 16.4. The molecule has 340 valence electrons. The van der Waals surface area contributed by atoms with Crippen LogP contribution in [0.5, 0.6) is 0 Å². The van der Waals surface area contributed by atoms with E-state index in [4.69, 9.17) is 28.4 Å². The lowest BCUT2D eigenvalue weighted by Crippen LogP contribution is -2.79. The number of esters is 2. The summed E-state index contributed by atoms with van der Waals surface area (Å²) < 4.78 is 39.2. The van der Waals surface area contributed by atoms with Crippen LogP contribution in [0.15, 0.2) is 54.6 Å². The largest absolute Gasteiger partial charge is 0.458 e. The highest BCUT2D eigenvalue weighted by atomic mass is 16.6. The number of carbonyl (C=O) groups excluding carboxylic acids is 2. The van der Waals surface area contributed by atoms with Gasteiger partial charge >= 0.3 is 11.9 Å². The summed E-state index contributed by atoms with van der Waals surface area (Å²) in [5.41, 5.74) is -3.82. The number of ether oxygens (including phenoxy) is 6. The summed E-state index contributed by atoms with van der Waals surface area (Å²) in [6.45, 7) is 5.94. The van der Waals surface area contributed by atoms with Crippen LogP contribution in [0.25, 0.3) is 0 Å². The first kappa shape index (κ1) is 46.4. The predicted octanol–water partition coefficient (Wildman–Crippen LogP) is 7.47. The van der Waals surface area contributed by atoms with Gasteiger partial charge in [-0.25, -0.2) is 4.79 Å². The summed E-state index contributed by atoms with van der Waals surface area (Å²) in [4.78, 5) is 31.1. The van der Waals surface area contributed by atoms with Gasteiger partial charge in [-0.05, 0) is 69.5 Å². The molecule has 0 unspecified atom stereocenters. The van der Waals surface area contributed by atoms with Gasteiger partial charge in [0, 0.05) is 88.9 Å². The topological polar surface area (TPSA) is 133 Å². The van der Waals surface area contributed by atoms with Crippen molar-refractivity contribution in [3.05, 3.63) is 60.2 Å². The van der Waals surface area contributed by atoms with Gasteiger partial charge in [-0.1, -0.05) is 88.5 Å². The Morgan fingerprint density at radius 3 is 2.18 bits per heavy atom. The molecule has 2 N–H and O–H groups in total. The number of rotatable bonds is 23. The van der Waals surface area contributed by atoms with Gasteiger partial charge in [0.15, 0.2) is 0 Å². The fourth-order valence-corrected chi connectivity index (χ4v) is 14.3. The number of benzene rings is 1. The lowest BCUT2D eigenvalue weighted by Gasteiger charge is -2.70. The molecule has 0 radical (unpaired) electrons. The van der Waals surface area contributed by atoms with Crippen molar-refractivity contribution < 1.29 is 48.2 Å². The fraction of sp³-hybridized carbons (Fsp3) is 0.760. The number of carbonyl (C=O) groups is 2. The van der Waals surface area contributed by atoms with E-state index < -0.39 is 70.4 Å². The molecular formula is C50H75NO10. The number of piperidine rings is 1. The van der Waals surface area contributed by atoms with E-state index in [1.807, 2.05) is 6.07 Å². The van der Waals surface area contributed by atoms with Crippen molar-refractivity contribution in [2.75, 3.05) is 48.1 Å². The van der Waals surface area contributed by atoms with Gasteiger partial charge in [0.25, 0.3) is 0 Å². The Morgan fingerprint density at radius 1 is 0.836 bits per heavy atom. The van der Waals surface area contributed by atoms with Gasteiger partial charge in [0.05, 0.1) is 36.6 Å². The van der Waals surface area contributed by atoms with Gasteiger partial charge < -0.3 is 38.6 Å². The molecule has 1 aliphatic heterocycles. The Balaban J connectivity index is 1.17. The number of nitrogens with zero attached hydrogens (tertiary/aromatic N) is 1. The summed E-state index contributed by atoms with van der Waals surface area (Å²) >= 11 is 0. The molecule has 11 nitrogen and oxygen atoms in total. The van der Waals surface area contributed by atoms with Gasteiger partial charge in [0.2, 0.25) is 0 Å². The van der Waals surface area contributed by atoms with Crippen LogP contribution in [0, 0.1) is 34.5 Å². The molecule has 1 saturated heterocycles. The highest BCUT2D eigenvalue weighted by Gasteiger charge is 2.90. The molecule has 1 heterocycles. The van der Waals surface area contributed by atoms with E-state index in [2.05, 4.69) is 43.1 Å². The number of methoxy groups -OCH3 is 4. The van der Waals surface area contributed by atoms with Crippen LogP contribution >= 0.6 is 0 Å². The third kappa shape index (κ3) is 7.78.